The Balaban J connectivity index is 1.50. The van der Waals surface area contributed by atoms with Crippen LogP contribution in [0.4, 0.5) is 18.0 Å². The van der Waals surface area contributed by atoms with Crippen molar-refractivity contribution in [2.75, 3.05) is 7.11 Å². The number of pyridine rings is 1. The van der Waals surface area contributed by atoms with Crippen molar-refractivity contribution in [1.29, 1.82) is 0 Å². The minimum Gasteiger partial charge on any atom is -0.495 e. The molecule has 0 bridgehead atoms. The van der Waals surface area contributed by atoms with Gasteiger partial charge in [0.25, 0.3) is 0 Å². The number of nitrogens with one attached hydrogen (secondary N) is 1. The second-order valence-corrected chi connectivity index (χ2v) is 5.50. The number of carbonyl (C=O) groups is 1. The minimum absolute atomic E-state index is 0.00909. The number of halogens is 3. The number of carbonyl (C=O) groups excluding carboxylic acids is 1. The molecule has 0 aromatic carbocycles. The van der Waals surface area contributed by atoms with Crippen molar-refractivity contribution in [2.24, 2.45) is 0 Å². The number of hydrogen-bond donors (Lipinski definition) is 1. The summed E-state index contributed by atoms with van der Waals surface area (Å²) in [5, 5.41) is 5.68. The van der Waals surface area contributed by atoms with Gasteiger partial charge in [-0.3, -0.25) is 4.98 Å². The summed E-state index contributed by atoms with van der Waals surface area (Å²) in [7, 11) is 1.50. The minimum atomic E-state index is -4.75. The van der Waals surface area contributed by atoms with Gasteiger partial charge in [-0.25, -0.2) is 14.8 Å². The van der Waals surface area contributed by atoms with Crippen LogP contribution in [0.2, 0.25) is 0 Å². The fourth-order valence-corrected chi connectivity index (χ4v) is 2.02. The summed E-state index contributed by atoms with van der Waals surface area (Å²) >= 11 is 0. The third-order valence-corrected chi connectivity index (χ3v) is 3.39. The molecule has 3 heterocycles. The number of hydrogen-bond acceptors (Lipinski definition) is 9. The predicted octanol–water partition coefficient (Wildman–Crippen LogP) is 2.38. The molecule has 3 aromatic rings. The largest absolute Gasteiger partial charge is 0.495 e. The zero-order valence-electron chi connectivity index (χ0n) is 14.8. The summed E-state index contributed by atoms with van der Waals surface area (Å²) in [5.74, 6) is -1.51. The maximum Gasteiger partial charge on any atom is 0.471 e. The van der Waals surface area contributed by atoms with Gasteiger partial charge in [0.05, 0.1) is 13.3 Å². The van der Waals surface area contributed by atoms with E-state index in [-0.39, 0.29) is 19.0 Å². The highest BCUT2D eigenvalue weighted by Crippen LogP contribution is 2.28. The first-order valence-electron chi connectivity index (χ1n) is 7.96. The Morgan fingerprint density at radius 3 is 2.55 bits per heavy atom. The van der Waals surface area contributed by atoms with E-state index in [1.807, 2.05) is 0 Å². The molecular formula is C16H13F3N6O4. The molecule has 29 heavy (non-hydrogen) atoms. The van der Waals surface area contributed by atoms with Crippen LogP contribution in [0, 0.1) is 0 Å². The third kappa shape index (κ3) is 5.37. The Morgan fingerprint density at radius 1 is 1.14 bits per heavy atom. The lowest BCUT2D eigenvalue weighted by Crippen LogP contribution is -2.23. The molecule has 3 rings (SSSR count). The van der Waals surface area contributed by atoms with Crippen LogP contribution < -0.4 is 10.1 Å². The Morgan fingerprint density at radius 2 is 1.90 bits per heavy atom. The fourth-order valence-electron chi connectivity index (χ4n) is 2.02. The molecule has 0 atom stereocenters. The van der Waals surface area contributed by atoms with E-state index < -0.39 is 24.0 Å². The molecule has 3 aromatic heterocycles. The smallest absolute Gasteiger partial charge is 0.471 e. The Hall–Kier alpha value is -3.77. The first kappa shape index (κ1) is 20.0. The van der Waals surface area contributed by atoms with Gasteiger partial charge in [0.2, 0.25) is 11.6 Å². The number of alkyl carbamates (subject to hydrolysis) is 1. The van der Waals surface area contributed by atoms with Crippen molar-refractivity contribution in [3.05, 3.63) is 47.9 Å². The van der Waals surface area contributed by atoms with Gasteiger partial charge in [-0.2, -0.15) is 18.2 Å². The molecule has 1 N–H and O–H groups in total. The monoisotopic (exact) mass is 410 g/mol. The summed E-state index contributed by atoms with van der Waals surface area (Å²) < 4.78 is 51.6. The molecule has 0 fully saturated rings. The van der Waals surface area contributed by atoms with E-state index in [4.69, 9.17) is 9.47 Å². The number of rotatable bonds is 6. The summed E-state index contributed by atoms with van der Waals surface area (Å²) in [4.78, 5) is 26.6. The van der Waals surface area contributed by atoms with Crippen LogP contribution in [0.3, 0.4) is 0 Å². The van der Waals surface area contributed by atoms with Gasteiger partial charge in [0.15, 0.2) is 0 Å². The number of amides is 1. The van der Waals surface area contributed by atoms with Gasteiger partial charge in [-0.1, -0.05) is 5.16 Å². The van der Waals surface area contributed by atoms with Gasteiger partial charge >= 0.3 is 18.2 Å². The normalized spacial score (nSPS) is 11.2. The molecule has 0 aliphatic rings. The van der Waals surface area contributed by atoms with Gasteiger partial charge in [0, 0.05) is 36.3 Å². The molecule has 1 amide bonds. The highest BCUT2D eigenvalue weighted by atomic mass is 19.4. The second-order valence-electron chi connectivity index (χ2n) is 5.50. The molecule has 0 radical (unpaired) electrons. The quantitative estimate of drug-likeness (QED) is 0.652. The number of methoxy groups -OCH3 is 1. The van der Waals surface area contributed by atoms with Crippen molar-refractivity contribution in [3.63, 3.8) is 0 Å². The van der Waals surface area contributed by atoms with Crippen LogP contribution in [0.1, 0.15) is 17.0 Å². The van der Waals surface area contributed by atoms with Crippen molar-refractivity contribution >= 4 is 6.09 Å². The molecular weight excluding hydrogens is 397 g/mol. The van der Waals surface area contributed by atoms with Crippen LogP contribution in [0.5, 0.6) is 5.75 Å². The maximum atomic E-state index is 12.5. The molecule has 0 saturated carbocycles. The summed E-state index contributed by atoms with van der Waals surface area (Å²) in [5.41, 5.74) is 1.12. The van der Waals surface area contributed by atoms with Crippen molar-refractivity contribution in [3.8, 4) is 17.4 Å². The van der Waals surface area contributed by atoms with Crippen LogP contribution >= 0.6 is 0 Å². The van der Waals surface area contributed by atoms with Crippen LogP contribution in [-0.2, 0) is 24.1 Å². The predicted molar refractivity (Wildman–Crippen MR) is 88.1 cm³/mol. The standard InChI is InChI=1S/C16H13F3N6O4/c1-27-11-2-9(3-20-7-11)8-28-15(26)23-6-10-4-21-12(22-5-10)13-24-14(29-25-13)16(17,18)19/h2-5,7H,6,8H2,1H3,(H,23,26). The van der Waals surface area contributed by atoms with Gasteiger partial charge < -0.3 is 19.3 Å². The van der Waals surface area contributed by atoms with E-state index in [9.17, 15) is 18.0 Å². The average Bonchev–Trinajstić information content (AvgIpc) is 3.22. The Labute approximate surface area is 161 Å². The average molecular weight is 410 g/mol. The van der Waals surface area contributed by atoms with E-state index in [1.54, 1.807) is 6.07 Å². The second kappa shape index (κ2) is 8.50. The summed E-state index contributed by atoms with van der Waals surface area (Å²) in [6.07, 6.45) is 0.216. The SMILES string of the molecule is COc1cncc(COC(=O)NCc2cnc(-c3noc(C(F)(F)F)n3)nc2)c1. The molecule has 0 aliphatic carbocycles. The number of aromatic nitrogens is 5. The molecule has 0 saturated heterocycles. The fraction of sp³-hybridized carbons (Fsp3) is 0.250. The maximum absolute atomic E-state index is 12.5. The van der Waals surface area contributed by atoms with Gasteiger partial charge in [0.1, 0.15) is 12.4 Å². The number of alkyl halides is 3. The Kier molecular flexibility index (Phi) is 5.85. The molecule has 0 spiro atoms. The van der Waals surface area contributed by atoms with Gasteiger partial charge in [-0.05, 0) is 6.07 Å². The Bertz CT molecular complexity index is 977. The summed E-state index contributed by atoms with van der Waals surface area (Å²) in [6, 6.07) is 1.68. The van der Waals surface area contributed by atoms with E-state index in [1.165, 1.54) is 31.9 Å². The lowest BCUT2D eigenvalue weighted by molar-refractivity contribution is -0.159. The van der Waals surface area contributed by atoms with Crippen LogP contribution in [0.15, 0.2) is 35.4 Å². The lowest BCUT2D eigenvalue weighted by Gasteiger charge is -2.07. The topological polar surface area (TPSA) is 125 Å². The highest BCUT2D eigenvalue weighted by Gasteiger charge is 2.38. The van der Waals surface area contributed by atoms with Crippen molar-refractivity contribution in [2.45, 2.75) is 19.3 Å². The third-order valence-electron chi connectivity index (χ3n) is 3.39. The molecule has 10 nitrogen and oxygen atoms in total. The van der Waals surface area contributed by atoms with E-state index in [2.05, 4.69) is 34.9 Å². The zero-order valence-corrected chi connectivity index (χ0v) is 14.8. The van der Waals surface area contributed by atoms with Gasteiger partial charge in [-0.15, -0.1) is 0 Å². The van der Waals surface area contributed by atoms with E-state index in [0.717, 1.165) is 0 Å². The molecule has 0 aliphatic heterocycles. The highest BCUT2D eigenvalue weighted by molar-refractivity contribution is 5.67. The van der Waals surface area contributed by atoms with Crippen LogP contribution in [-0.4, -0.2) is 38.3 Å². The van der Waals surface area contributed by atoms with Crippen LogP contribution in [0.25, 0.3) is 11.6 Å². The van der Waals surface area contributed by atoms with Crippen molar-refractivity contribution in [1.82, 2.24) is 30.4 Å². The lowest BCUT2D eigenvalue weighted by atomic mass is 10.3. The molecule has 152 valence electrons. The molecule has 0 unspecified atom stereocenters. The van der Waals surface area contributed by atoms with E-state index in [0.29, 0.717) is 16.9 Å². The first-order chi connectivity index (χ1) is 13.8. The number of nitrogens with zero attached hydrogens (tertiary/aromatic N) is 5. The van der Waals surface area contributed by atoms with E-state index >= 15 is 0 Å². The van der Waals surface area contributed by atoms with Crippen molar-refractivity contribution < 1.29 is 32.0 Å². The number of ether oxygens (including phenoxy) is 2. The first-order valence-corrected chi connectivity index (χ1v) is 7.96. The zero-order chi connectivity index (χ0) is 20.9. The molecule has 13 heteroatoms. The summed E-state index contributed by atoms with van der Waals surface area (Å²) in [6.45, 7) is 0.0281.